The van der Waals surface area contributed by atoms with Crippen molar-refractivity contribution in [3.63, 3.8) is 0 Å². The SMILES string of the molecule is Cc1cc(C)cc(CC(NN)C2OCCC2C)c1. The standard InChI is InChI=1S/C15H24N2O/c1-10-6-11(2)8-13(7-10)9-14(17-16)15-12(3)4-5-18-15/h6-8,12,14-15,17H,4-5,9,16H2,1-3H3. The predicted octanol–water partition coefficient (Wildman–Crippen LogP) is 2.10. The van der Waals surface area contributed by atoms with Crippen molar-refractivity contribution in [3.05, 3.63) is 34.9 Å². The van der Waals surface area contributed by atoms with E-state index in [-0.39, 0.29) is 12.1 Å². The summed E-state index contributed by atoms with van der Waals surface area (Å²) in [7, 11) is 0. The summed E-state index contributed by atoms with van der Waals surface area (Å²) in [6, 6.07) is 6.86. The minimum atomic E-state index is 0.198. The van der Waals surface area contributed by atoms with E-state index in [0.29, 0.717) is 5.92 Å². The topological polar surface area (TPSA) is 47.3 Å². The van der Waals surface area contributed by atoms with Crippen LogP contribution in [0.15, 0.2) is 18.2 Å². The van der Waals surface area contributed by atoms with E-state index >= 15 is 0 Å². The van der Waals surface area contributed by atoms with Gasteiger partial charge >= 0.3 is 0 Å². The number of hydrogen-bond donors (Lipinski definition) is 2. The Labute approximate surface area is 110 Å². The van der Waals surface area contributed by atoms with Crippen LogP contribution >= 0.6 is 0 Å². The van der Waals surface area contributed by atoms with Crippen LogP contribution in [0.4, 0.5) is 0 Å². The molecule has 3 nitrogen and oxygen atoms in total. The highest BCUT2D eigenvalue weighted by Gasteiger charge is 2.31. The highest BCUT2D eigenvalue weighted by molar-refractivity contribution is 5.29. The van der Waals surface area contributed by atoms with Crippen LogP contribution in [0.1, 0.15) is 30.0 Å². The van der Waals surface area contributed by atoms with Crippen LogP contribution in [0.3, 0.4) is 0 Å². The molecule has 2 rings (SSSR count). The number of hydrogen-bond acceptors (Lipinski definition) is 3. The largest absolute Gasteiger partial charge is 0.376 e. The molecule has 1 heterocycles. The van der Waals surface area contributed by atoms with Crippen LogP contribution in [0.25, 0.3) is 0 Å². The normalized spacial score (nSPS) is 25.3. The monoisotopic (exact) mass is 248 g/mol. The first kappa shape index (κ1) is 13.5. The van der Waals surface area contributed by atoms with Crippen molar-refractivity contribution >= 4 is 0 Å². The minimum absolute atomic E-state index is 0.198. The second-order valence-corrected chi connectivity index (χ2v) is 5.57. The van der Waals surface area contributed by atoms with Gasteiger partial charge in [-0.05, 0) is 38.2 Å². The van der Waals surface area contributed by atoms with Gasteiger partial charge in [-0.1, -0.05) is 36.2 Å². The number of aryl methyl sites for hydroxylation is 2. The zero-order valence-electron chi connectivity index (χ0n) is 11.6. The fourth-order valence-corrected chi connectivity index (χ4v) is 2.94. The molecule has 18 heavy (non-hydrogen) atoms. The lowest BCUT2D eigenvalue weighted by atomic mass is 9.92. The van der Waals surface area contributed by atoms with Gasteiger partial charge in [-0.2, -0.15) is 0 Å². The molecule has 0 radical (unpaired) electrons. The van der Waals surface area contributed by atoms with Gasteiger partial charge in [0, 0.05) is 6.61 Å². The Morgan fingerprint density at radius 1 is 1.33 bits per heavy atom. The molecule has 1 saturated heterocycles. The maximum absolute atomic E-state index is 5.81. The molecule has 0 bridgehead atoms. The van der Waals surface area contributed by atoms with E-state index in [1.165, 1.54) is 16.7 Å². The molecular weight excluding hydrogens is 224 g/mol. The van der Waals surface area contributed by atoms with Crippen molar-refractivity contribution in [2.45, 2.75) is 45.8 Å². The minimum Gasteiger partial charge on any atom is -0.376 e. The van der Waals surface area contributed by atoms with E-state index in [0.717, 1.165) is 19.4 Å². The lowest BCUT2D eigenvalue weighted by Gasteiger charge is -2.25. The predicted molar refractivity (Wildman–Crippen MR) is 74.3 cm³/mol. The van der Waals surface area contributed by atoms with Crippen LogP contribution in [-0.2, 0) is 11.2 Å². The molecule has 1 aromatic carbocycles. The highest BCUT2D eigenvalue weighted by atomic mass is 16.5. The van der Waals surface area contributed by atoms with E-state index in [1.807, 2.05) is 0 Å². The Hall–Kier alpha value is -0.900. The summed E-state index contributed by atoms with van der Waals surface area (Å²) in [5.41, 5.74) is 6.88. The molecule has 100 valence electrons. The molecule has 3 heteroatoms. The molecule has 3 unspecified atom stereocenters. The van der Waals surface area contributed by atoms with E-state index in [4.69, 9.17) is 10.6 Å². The van der Waals surface area contributed by atoms with Crippen LogP contribution in [0.5, 0.6) is 0 Å². The average molecular weight is 248 g/mol. The van der Waals surface area contributed by atoms with Crippen molar-refractivity contribution in [2.24, 2.45) is 11.8 Å². The van der Waals surface area contributed by atoms with E-state index in [2.05, 4.69) is 44.4 Å². The molecule has 0 saturated carbocycles. The number of nitrogens with one attached hydrogen (secondary N) is 1. The average Bonchev–Trinajstić information content (AvgIpc) is 2.71. The van der Waals surface area contributed by atoms with Crippen molar-refractivity contribution < 1.29 is 4.74 Å². The first-order chi connectivity index (χ1) is 8.60. The molecule has 1 aliphatic heterocycles. The Morgan fingerprint density at radius 3 is 2.50 bits per heavy atom. The third kappa shape index (κ3) is 3.10. The molecular formula is C15H24N2O. The van der Waals surface area contributed by atoms with Gasteiger partial charge in [-0.3, -0.25) is 11.3 Å². The molecule has 3 atom stereocenters. The van der Waals surface area contributed by atoms with Crippen LogP contribution in [0, 0.1) is 19.8 Å². The fraction of sp³-hybridized carbons (Fsp3) is 0.600. The van der Waals surface area contributed by atoms with E-state index < -0.39 is 0 Å². The molecule has 1 fully saturated rings. The highest BCUT2D eigenvalue weighted by Crippen LogP contribution is 2.24. The van der Waals surface area contributed by atoms with E-state index in [1.54, 1.807) is 0 Å². The van der Waals surface area contributed by atoms with Crippen LogP contribution in [0.2, 0.25) is 0 Å². The maximum atomic E-state index is 5.81. The molecule has 1 aromatic rings. The van der Waals surface area contributed by atoms with Gasteiger partial charge in [0.25, 0.3) is 0 Å². The fourth-order valence-electron chi connectivity index (χ4n) is 2.94. The molecule has 1 aliphatic rings. The quantitative estimate of drug-likeness (QED) is 0.633. The summed E-state index contributed by atoms with van der Waals surface area (Å²) in [5, 5.41) is 0. The van der Waals surface area contributed by atoms with Gasteiger partial charge in [-0.15, -0.1) is 0 Å². The van der Waals surface area contributed by atoms with Crippen molar-refractivity contribution in [1.82, 2.24) is 5.43 Å². The Morgan fingerprint density at radius 2 is 2.00 bits per heavy atom. The Balaban J connectivity index is 2.09. The zero-order chi connectivity index (χ0) is 13.1. The summed E-state index contributed by atoms with van der Waals surface area (Å²) in [5.74, 6) is 6.29. The smallest absolute Gasteiger partial charge is 0.0771 e. The molecule has 0 spiro atoms. The van der Waals surface area contributed by atoms with E-state index in [9.17, 15) is 0 Å². The van der Waals surface area contributed by atoms with Gasteiger partial charge in [0.2, 0.25) is 0 Å². The summed E-state index contributed by atoms with van der Waals surface area (Å²) in [6.07, 6.45) is 2.29. The second-order valence-electron chi connectivity index (χ2n) is 5.57. The summed E-state index contributed by atoms with van der Waals surface area (Å²) in [6.45, 7) is 7.37. The summed E-state index contributed by atoms with van der Waals surface area (Å²) < 4.78 is 5.81. The molecule has 0 aromatic heterocycles. The van der Waals surface area contributed by atoms with Crippen molar-refractivity contribution in [1.29, 1.82) is 0 Å². The summed E-state index contributed by atoms with van der Waals surface area (Å²) in [4.78, 5) is 0. The van der Waals surface area contributed by atoms with Gasteiger partial charge in [-0.25, -0.2) is 0 Å². The Kier molecular flexibility index (Phi) is 4.38. The zero-order valence-corrected chi connectivity index (χ0v) is 11.6. The van der Waals surface area contributed by atoms with Gasteiger partial charge in [0.1, 0.15) is 0 Å². The van der Waals surface area contributed by atoms with Gasteiger partial charge in [0.15, 0.2) is 0 Å². The van der Waals surface area contributed by atoms with Gasteiger partial charge < -0.3 is 4.74 Å². The Bertz CT molecular complexity index is 385. The molecule has 0 aliphatic carbocycles. The number of rotatable bonds is 4. The van der Waals surface area contributed by atoms with Crippen LogP contribution in [-0.4, -0.2) is 18.8 Å². The molecule has 0 amide bonds. The summed E-state index contributed by atoms with van der Waals surface area (Å²) >= 11 is 0. The molecule has 3 N–H and O–H groups in total. The maximum Gasteiger partial charge on any atom is 0.0771 e. The third-order valence-corrected chi connectivity index (χ3v) is 3.79. The van der Waals surface area contributed by atoms with Gasteiger partial charge in [0.05, 0.1) is 12.1 Å². The lowest BCUT2D eigenvalue weighted by Crippen LogP contribution is -2.47. The third-order valence-electron chi connectivity index (χ3n) is 3.79. The van der Waals surface area contributed by atoms with Crippen molar-refractivity contribution in [2.75, 3.05) is 6.61 Å². The second kappa shape index (κ2) is 5.83. The first-order valence-electron chi connectivity index (χ1n) is 6.75. The van der Waals surface area contributed by atoms with Crippen molar-refractivity contribution in [3.8, 4) is 0 Å². The number of ether oxygens (including phenoxy) is 1. The first-order valence-corrected chi connectivity index (χ1v) is 6.75. The van der Waals surface area contributed by atoms with Crippen LogP contribution < -0.4 is 11.3 Å². The number of hydrazine groups is 1. The number of nitrogens with two attached hydrogens (primary N) is 1. The lowest BCUT2D eigenvalue weighted by molar-refractivity contribution is 0.0610. The number of benzene rings is 1.